The van der Waals surface area contributed by atoms with E-state index in [1.165, 1.54) is 18.2 Å². The van der Waals surface area contributed by atoms with Crippen LogP contribution < -0.4 is 15.0 Å². The predicted octanol–water partition coefficient (Wildman–Crippen LogP) is 2.69. The molecule has 2 aromatic carbocycles. The largest absolute Gasteiger partial charge is 0.486 e. The van der Waals surface area contributed by atoms with Gasteiger partial charge in [0, 0.05) is 43.0 Å². The molecule has 3 N–H and O–H groups in total. The molecule has 228 valence electrons. The Morgan fingerprint density at radius 1 is 1.23 bits per heavy atom. The van der Waals surface area contributed by atoms with Crippen molar-refractivity contribution in [1.29, 1.82) is 5.26 Å². The van der Waals surface area contributed by atoms with Gasteiger partial charge < -0.3 is 34.8 Å². The maximum absolute atomic E-state index is 14.8. The second-order valence-corrected chi connectivity index (χ2v) is 10.2. The summed E-state index contributed by atoms with van der Waals surface area (Å²) in [6, 6.07) is 14.7. The number of ether oxygens (including phenoxy) is 2. The molecule has 3 aromatic rings. The number of nitriles is 1. The summed E-state index contributed by atoms with van der Waals surface area (Å²) in [7, 11) is 0. The number of carbonyl (C=O) groups excluding carboxylic acids is 1. The van der Waals surface area contributed by atoms with Gasteiger partial charge in [-0.15, -0.1) is 0 Å². The fraction of sp³-hybridized carbons (Fsp3) is 0.433. The molecule has 0 unspecified atom stereocenters. The van der Waals surface area contributed by atoms with E-state index in [1.54, 1.807) is 18.2 Å². The number of carbonyl (C=O) groups is 1. The Balaban J connectivity index is 0.00000423. The number of piperidine rings is 1. The minimum Gasteiger partial charge on any atom is -0.486 e. The molecule has 43 heavy (non-hydrogen) atoms. The van der Waals surface area contributed by atoms with Crippen molar-refractivity contribution in [3.8, 4) is 23.2 Å². The zero-order valence-electron chi connectivity index (χ0n) is 23.1. The van der Waals surface area contributed by atoms with Gasteiger partial charge in [0.25, 0.3) is 5.91 Å². The molecule has 5 rings (SSSR count). The highest BCUT2D eigenvalue weighted by Crippen LogP contribution is 2.29. The van der Waals surface area contributed by atoms with Crippen LogP contribution in [0.2, 0.25) is 0 Å². The highest BCUT2D eigenvalue weighted by Gasteiger charge is 2.34. The molecule has 0 radical (unpaired) electrons. The van der Waals surface area contributed by atoms with Gasteiger partial charge >= 0.3 is 0 Å². The number of aliphatic hydroxyl groups is 2. The summed E-state index contributed by atoms with van der Waals surface area (Å²) in [6.45, 7) is 3.31. The van der Waals surface area contributed by atoms with Gasteiger partial charge in [-0.25, -0.2) is 14.4 Å². The first-order chi connectivity index (χ1) is 20.3. The van der Waals surface area contributed by atoms with Crippen LogP contribution in [-0.4, -0.2) is 99.8 Å². The van der Waals surface area contributed by atoms with Gasteiger partial charge in [0.2, 0.25) is 5.95 Å². The molecule has 13 heteroatoms. The van der Waals surface area contributed by atoms with Crippen molar-refractivity contribution in [3.05, 3.63) is 54.4 Å². The molecule has 1 amide bonds. The van der Waals surface area contributed by atoms with Crippen molar-refractivity contribution in [2.24, 2.45) is 0 Å². The molecule has 2 fully saturated rings. The normalized spacial score (nSPS) is 20.9. The summed E-state index contributed by atoms with van der Waals surface area (Å²) >= 11 is 0. The topological polar surface area (TPSA) is 157 Å². The highest BCUT2D eigenvalue weighted by molar-refractivity contribution is 5.80. The lowest BCUT2D eigenvalue weighted by molar-refractivity contribution is -0.143. The summed E-state index contributed by atoms with van der Waals surface area (Å²) in [5, 5.41) is 31.8. The zero-order chi connectivity index (χ0) is 29.6. The Morgan fingerprint density at radius 3 is 2.72 bits per heavy atom. The molecule has 2 aliphatic rings. The third kappa shape index (κ3) is 7.53. The van der Waals surface area contributed by atoms with Crippen molar-refractivity contribution in [1.82, 2.24) is 19.9 Å². The maximum Gasteiger partial charge on any atom is 0.251 e. The Kier molecular flexibility index (Phi) is 10.4. The number of morpholine rings is 1. The number of nitrogens with zero attached hydrogens (tertiary/aromatic N) is 6. The molecule has 3 heterocycles. The standard InChI is InChI=1S/C29H32FN7O5.CH4/c1-18(39)28(40)37-9-8-26(24(30)15-37)42-25-7-2-19(12-20(25)13-31)27-32-17-33-29(35-27)34-21-3-5-22(6-4-21)36-10-11-41-23(14-36)16-38;/h2-7,12,17-18,23-24,26,38-39H,8-11,14-16H2,1H3,(H,32,33,34,35);1H4/t18-,23-,24+,26-;/m0./s1. The van der Waals surface area contributed by atoms with E-state index in [1.807, 2.05) is 24.3 Å². The molecular weight excluding hydrogens is 557 g/mol. The van der Waals surface area contributed by atoms with Gasteiger partial charge in [-0.05, 0) is 49.4 Å². The first-order valence-corrected chi connectivity index (χ1v) is 13.7. The Bertz CT molecular complexity index is 1440. The van der Waals surface area contributed by atoms with Crippen molar-refractivity contribution < 1.29 is 28.9 Å². The molecule has 12 nitrogen and oxygen atoms in total. The van der Waals surface area contributed by atoms with Crippen molar-refractivity contribution in [2.75, 3.05) is 49.6 Å². The lowest BCUT2D eigenvalue weighted by Crippen LogP contribution is -2.51. The molecule has 2 aliphatic heterocycles. The van der Waals surface area contributed by atoms with Crippen LogP contribution in [0.5, 0.6) is 5.75 Å². The van der Waals surface area contributed by atoms with Gasteiger partial charge in [-0.1, -0.05) is 7.43 Å². The monoisotopic (exact) mass is 593 g/mol. The Morgan fingerprint density at radius 2 is 2.02 bits per heavy atom. The molecule has 4 atom stereocenters. The van der Waals surface area contributed by atoms with Crippen LogP contribution in [-0.2, 0) is 9.53 Å². The summed E-state index contributed by atoms with van der Waals surface area (Å²) < 4.78 is 26.2. The molecule has 0 aliphatic carbocycles. The van der Waals surface area contributed by atoms with Crippen LogP contribution in [0, 0.1) is 11.3 Å². The number of likely N-dealkylation sites (tertiary alicyclic amines) is 1. The number of halogens is 1. The highest BCUT2D eigenvalue weighted by atomic mass is 19.1. The lowest BCUT2D eigenvalue weighted by Gasteiger charge is -2.35. The van der Waals surface area contributed by atoms with E-state index in [2.05, 4.69) is 31.2 Å². The van der Waals surface area contributed by atoms with E-state index in [9.17, 15) is 24.7 Å². The van der Waals surface area contributed by atoms with E-state index < -0.39 is 24.3 Å². The Labute approximate surface area is 249 Å². The number of aromatic nitrogens is 3. The minimum absolute atomic E-state index is 0. The summed E-state index contributed by atoms with van der Waals surface area (Å²) in [5.74, 6) is 0.356. The van der Waals surface area contributed by atoms with Crippen LogP contribution >= 0.6 is 0 Å². The second-order valence-electron chi connectivity index (χ2n) is 10.2. The third-order valence-electron chi connectivity index (χ3n) is 7.19. The molecule has 2 saturated heterocycles. The third-order valence-corrected chi connectivity index (χ3v) is 7.19. The molecule has 1 aromatic heterocycles. The van der Waals surface area contributed by atoms with Gasteiger partial charge in [0.1, 0.15) is 30.4 Å². The number of alkyl halides is 1. The molecule has 0 spiro atoms. The fourth-order valence-electron chi connectivity index (χ4n) is 4.95. The minimum atomic E-state index is -1.47. The second kappa shape index (κ2) is 14.2. The van der Waals surface area contributed by atoms with Crippen molar-refractivity contribution in [3.63, 3.8) is 0 Å². The lowest BCUT2D eigenvalue weighted by atomic mass is 10.0. The average Bonchev–Trinajstić information content (AvgIpc) is 3.02. The summed E-state index contributed by atoms with van der Waals surface area (Å²) in [6.07, 6.45) is -2.10. The number of amides is 1. The van der Waals surface area contributed by atoms with E-state index in [-0.39, 0.29) is 51.0 Å². The van der Waals surface area contributed by atoms with Crippen LogP contribution in [0.4, 0.5) is 21.7 Å². The first-order valence-electron chi connectivity index (χ1n) is 13.7. The van der Waals surface area contributed by atoms with Crippen molar-refractivity contribution in [2.45, 2.75) is 45.3 Å². The zero-order valence-corrected chi connectivity index (χ0v) is 23.1. The van der Waals surface area contributed by atoms with Gasteiger partial charge in [0.05, 0.1) is 31.4 Å². The van der Waals surface area contributed by atoms with E-state index in [4.69, 9.17) is 9.47 Å². The fourth-order valence-corrected chi connectivity index (χ4v) is 4.95. The number of benzene rings is 2. The summed E-state index contributed by atoms with van der Waals surface area (Å²) in [4.78, 5) is 28.4. The number of aliphatic hydroxyl groups excluding tert-OH is 2. The average molecular weight is 594 g/mol. The van der Waals surface area contributed by atoms with Crippen molar-refractivity contribution >= 4 is 23.2 Å². The molecule has 0 saturated carbocycles. The number of nitrogens with one attached hydrogen (secondary N) is 1. The molecular formula is C30H36FN7O5. The van der Waals surface area contributed by atoms with Crippen LogP contribution in [0.3, 0.4) is 0 Å². The first kappa shape index (κ1) is 31.6. The van der Waals surface area contributed by atoms with Crippen LogP contribution in [0.25, 0.3) is 11.4 Å². The Hall–Kier alpha value is -4.38. The number of rotatable bonds is 8. The van der Waals surface area contributed by atoms with Crippen LogP contribution in [0.15, 0.2) is 48.8 Å². The summed E-state index contributed by atoms with van der Waals surface area (Å²) in [5.41, 5.74) is 2.54. The molecule has 0 bridgehead atoms. The number of hydrogen-bond acceptors (Lipinski definition) is 11. The predicted molar refractivity (Wildman–Crippen MR) is 158 cm³/mol. The van der Waals surface area contributed by atoms with Gasteiger partial charge in [0.15, 0.2) is 12.0 Å². The van der Waals surface area contributed by atoms with Crippen LogP contribution in [0.1, 0.15) is 26.3 Å². The quantitative estimate of drug-likeness (QED) is 0.353. The number of anilines is 3. The van der Waals surface area contributed by atoms with E-state index in [0.717, 1.165) is 17.9 Å². The maximum atomic E-state index is 14.8. The number of hydrogen-bond donors (Lipinski definition) is 3. The SMILES string of the molecule is C.C[C@H](O)C(=O)N1CC[C@H](Oc2ccc(-c3ncnc(Nc4ccc(N5CCO[C@H](CO)C5)cc4)n3)cc2C#N)[C@H](F)C1. The smallest absolute Gasteiger partial charge is 0.251 e. The van der Waals surface area contributed by atoms with Gasteiger partial charge in [-0.2, -0.15) is 10.2 Å². The van der Waals surface area contributed by atoms with E-state index >= 15 is 0 Å². The van der Waals surface area contributed by atoms with E-state index in [0.29, 0.717) is 30.5 Å². The van der Waals surface area contributed by atoms with Gasteiger partial charge in [-0.3, -0.25) is 4.79 Å².